The highest BCUT2D eigenvalue weighted by Gasteiger charge is 2.63. The van der Waals surface area contributed by atoms with Crippen LogP contribution in [0.2, 0.25) is 0 Å². The Morgan fingerprint density at radius 1 is 0.676 bits per heavy atom. The average molecular weight is 602 g/mol. The molecule has 0 heterocycles. The molecule has 0 aliphatic heterocycles. The summed E-state index contributed by atoms with van der Waals surface area (Å²) in [5.74, 6) is -2.48. The second kappa shape index (κ2) is 10.7. The van der Waals surface area contributed by atoms with Gasteiger partial charge in [-0.3, -0.25) is 4.79 Å². The van der Waals surface area contributed by atoms with Crippen molar-refractivity contribution >= 4 is 41.4 Å². The summed E-state index contributed by atoms with van der Waals surface area (Å²) in [7, 11) is -10.4. The van der Waals surface area contributed by atoms with Crippen LogP contribution in [-0.4, -0.2) is 27.0 Å². The van der Waals surface area contributed by atoms with Crippen LogP contribution in [-0.2, 0) is 19.7 Å². The van der Waals surface area contributed by atoms with Gasteiger partial charge in [0, 0.05) is 16.5 Å². The van der Waals surface area contributed by atoms with Gasteiger partial charge in [-0.25, -0.2) is 21.2 Å². The van der Waals surface area contributed by atoms with E-state index in [-0.39, 0.29) is 11.1 Å². The van der Waals surface area contributed by atoms with Gasteiger partial charge in [0.1, 0.15) is 0 Å². The van der Waals surface area contributed by atoms with Crippen LogP contribution in [0.3, 0.4) is 0 Å². The number of alkyl halides is 1. The molecule has 0 aliphatic carbocycles. The summed E-state index contributed by atoms with van der Waals surface area (Å²) in [6.07, 6.45) is -0.708. The van der Waals surface area contributed by atoms with E-state index in [4.69, 9.17) is 0 Å². The monoisotopic (exact) mass is 600 g/mol. The summed E-state index contributed by atoms with van der Waals surface area (Å²) in [6, 6.07) is 27.0. The largest absolute Gasteiger partial charge is 0.324 e. The quantitative estimate of drug-likeness (QED) is 0.208. The fraction of sp³-hybridized carbons (Fsp3) is 0.107. The molecule has 0 amide bonds. The Hall–Kier alpha value is -3.14. The van der Waals surface area contributed by atoms with Crippen molar-refractivity contribution < 1.29 is 26.0 Å². The number of rotatable bonds is 9. The maximum atomic E-state index is 17.7. The van der Waals surface area contributed by atoms with Crippen LogP contribution in [0, 0.1) is 0 Å². The van der Waals surface area contributed by atoms with E-state index in [0.29, 0.717) is 4.47 Å². The number of sulfone groups is 2. The van der Waals surface area contributed by atoms with Crippen LogP contribution in [0.15, 0.2) is 130 Å². The van der Waals surface area contributed by atoms with E-state index in [1.807, 2.05) is 0 Å². The number of Topliss-reactive ketones (excluding diaryl/α,β-unsaturated/α-hetero) is 1. The Bertz CT molecular complexity index is 1520. The van der Waals surface area contributed by atoms with E-state index in [9.17, 15) is 21.6 Å². The molecule has 0 bridgehead atoms. The number of carbonyl (C=O) groups excluding carboxylic acids is 1. The van der Waals surface area contributed by atoms with Gasteiger partial charge in [-0.15, -0.1) is 0 Å². The van der Waals surface area contributed by atoms with Crippen molar-refractivity contribution in [2.45, 2.75) is 26.5 Å². The molecule has 190 valence electrons. The molecule has 0 saturated heterocycles. The summed E-state index contributed by atoms with van der Waals surface area (Å²) in [5.41, 5.74) is 0.259. The topological polar surface area (TPSA) is 85.3 Å². The molecule has 0 radical (unpaired) electrons. The number of halogens is 2. The predicted molar refractivity (Wildman–Crippen MR) is 143 cm³/mol. The lowest BCUT2D eigenvalue weighted by Crippen LogP contribution is -2.48. The molecule has 9 heteroatoms. The molecule has 1 atom stereocenters. The van der Waals surface area contributed by atoms with Crippen LogP contribution in [0.25, 0.3) is 0 Å². The SMILES string of the molecule is O=C(C[C@H](c1ccc(Br)cc1)C(F)(S(=O)(=O)c1ccccc1)S(=O)(=O)c1ccccc1)c1ccccc1. The molecule has 4 rings (SSSR count). The zero-order chi connectivity index (χ0) is 26.7. The number of carbonyl (C=O) groups is 1. The zero-order valence-electron chi connectivity index (χ0n) is 19.4. The Morgan fingerprint density at radius 2 is 1.08 bits per heavy atom. The molecule has 4 aromatic carbocycles. The van der Waals surface area contributed by atoms with E-state index in [2.05, 4.69) is 15.9 Å². The number of ketones is 1. The van der Waals surface area contributed by atoms with Crippen molar-refractivity contribution in [3.8, 4) is 0 Å². The first-order valence-corrected chi connectivity index (χ1v) is 15.0. The summed E-state index contributed by atoms with van der Waals surface area (Å²) in [4.78, 5) is 12.3. The van der Waals surface area contributed by atoms with Gasteiger partial charge in [0.25, 0.3) is 0 Å². The van der Waals surface area contributed by atoms with Crippen molar-refractivity contribution in [1.82, 2.24) is 0 Å². The number of hydrogen-bond acceptors (Lipinski definition) is 5. The minimum Gasteiger partial charge on any atom is -0.294 e. The van der Waals surface area contributed by atoms with Gasteiger partial charge in [0.05, 0.1) is 15.7 Å². The van der Waals surface area contributed by atoms with Crippen LogP contribution < -0.4 is 0 Å². The van der Waals surface area contributed by atoms with E-state index >= 15 is 4.39 Å². The van der Waals surface area contributed by atoms with Gasteiger partial charge in [-0.2, -0.15) is 0 Å². The third kappa shape index (κ3) is 5.03. The Kier molecular flexibility index (Phi) is 7.77. The molecular weight excluding hydrogens is 579 g/mol. The maximum absolute atomic E-state index is 17.7. The molecule has 0 aromatic heterocycles. The zero-order valence-corrected chi connectivity index (χ0v) is 22.6. The van der Waals surface area contributed by atoms with E-state index < -0.39 is 51.9 Å². The summed E-state index contributed by atoms with van der Waals surface area (Å²) in [6.45, 7) is 0. The van der Waals surface area contributed by atoms with Crippen molar-refractivity contribution in [3.05, 3.63) is 131 Å². The van der Waals surface area contributed by atoms with Gasteiger partial charge in [-0.05, 0) is 42.0 Å². The Balaban J connectivity index is 2.02. The van der Waals surface area contributed by atoms with E-state index in [1.165, 1.54) is 60.7 Å². The van der Waals surface area contributed by atoms with Crippen LogP contribution in [0.4, 0.5) is 4.39 Å². The summed E-state index contributed by atoms with van der Waals surface area (Å²) in [5, 5.41) is 0. The van der Waals surface area contributed by atoms with Gasteiger partial charge in [0.2, 0.25) is 19.7 Å². The molecule has 0 fully saturated rings. The van der Waals surface area contributed by atoms with Gasteiger partial charge in [0.15, 0.2) is 5.78 Å². The van der Waals surface area contributed by atoms with E-state index in [1.54, 1.807) is 30.3 Å². The standard InChI is InChI=1S/C28H22BrFO5S2/c29-23-18-16-21(17-19-23)26(20-27(31)22-10-4-1-5-11-22)28(30,36(32,33)24-12-6-2-7-13-24)37(34,35)25-14-8-3-9-15-25/h1-19,26H,20H2/t26-/m1/s1. The molecule has 0 saturated carbocycles. The highest BCUT2D eigenvalue weighted by molar-refractivity contribution is 9.10. The van der Waals surface area contributed by atoms with Crippen LogP contribution in [0.1, 0.15) is 28.3 Å². The molecule has 5 nitrogen and oxygen atoms in total. The average Bonchev–Trinajstić information content (AvgIpc) is 2.93. The maximum Gasteiger partial charge on any atom is 0.324 e. The molecule has 0 N–H and O–H groups in total. The fourth-order valence-corrected chi connectivity index (χ4v) is 8.96. The lowest BCUT2D eigenvalue weighted by molar-refractivity contribution is 0.0960. The Morgan fingerprint density at radius 3 is 1.51 bits per heavy atom. The Labute approximate surface area is 224 Å². The third-order valence-corrected chi connectivity index (χ3v) is 11.7. The van der Waals surface area contributed by atoms with Crippen molar-refractivity contribution in [1.29, 1.82) is 0 Å². The first kappa shape index (κ1) is 26.9. The third-order valence-electron chi connectivity index (χ3n) is 6.01. The van der Waals surface area contributed by atoms with Crippen molar-refractivity contribution in [2.24, 2.45) is 0 Å². The van der Waals surface area contributed by atoms with Gasteiger partial charge >= 0.3 is 4.33 Å². The molecule has 4 aromatic rings. The second-order valence-electron chi connectivity index (χ2n) is 8.31. The molecule has 0 aliphatic rings. The summed E-state index contributed by atoms with van der Waals surface area (Å²) < 4.78 is 70.4. The normalized spacial score (nSPS) is 13.1. The number of hydrogen-bond donors (Lipinski definition) is 0. The van der Waals surface area contributed by atoms with Crippen molar-refractivity contribution in [3.63, 3.8) is 0 Å². The molecule has 0 unspecified atom stereocenters. The highest BCUT2D eigenvalue weighted by atomic mass is 79.9. The van der Waals surface area contributed by atoms with Gasteiger partial charge in [-0.1, -0.05) is 94.8 Å². The first-order chi connectivity index (χ1) is 17.6. The lowest BCUT2D eigenvalue weighted by Gasteiger charge is -2.33. The van der Waals surface area contributed by atoms with Crippen LogP contribution in [0.5, 0.6) is 0 Å². The molecule has 0 spiro atoms. The molecule has 37 heavy (non-hydrogen) atoms. The minimum absolute atomic E-state index is 0.0500. The lowest BCUT2D eigenvalue weighted by atomic mass is 9.92. The smallest absolute Gasteiger partial charge is 0.294 e. The van der Waals surface area contributed by atoms with E-state index in [0.717, 1.165) is 24.3 Å². The van der Waals surface area contributed by atoms with Gasteiger partial charge < -0.3 is 0 Å². The molecular formula is C28H22BrFO5S2. The predicted octanol–water partition coefficient (Wildman–Crippen LogP) is 6.38. The fourth-order valence-electron chi connectivity index (χ4n) is 4.10. The second-order valence-corrected chi connectivity index (χ2v) is 13.6. The summed E-state index contributed by atoms with van der Waals surface area (Å²) >= 11 is 3.29. The number of benzene rings is 4. The highest BCUT2D eigenvalue weighted by Crippen LogP contribution is 2.49. The minimum atomic E-state index is -5.21. The van der Waals surface area contributed by atoms with Crippen molar-refractivity contribution in [2.75, 3.05) is 0 Å². The van der Waals surface area contributed by atoms with Crippen LogP contribution >= 0.6 is 15.9 Å². The first-order valence-electron chi connectivity index (χ1n) is 11.2.